The molecule has 0 bridgehead atoms. The molecule has 4 aromatic rings. The smallest absolute Gasteiger partial charge is 0.108 e. The molecule has 142 valence electrons. The van der Waals surface area contributed by atoms with Gasteiger partial charge in [0.1, 0.15) is 5.01 Å². The van der Waals surface area contributed by atoms with Gasteiger partial charge >= 0.3 is 0 Å². The van der Waals surface area contributed by atoms with E-state index in [-0.39, 0.29) is 0 Å². The Hall–Kier alpha value is -2.54. The third-order valence-corrected chi connectivity index (χ3v) is 6.25. The van der Waals surface area contributed by atoms with Crippen molar-refractivity contribution in [1.29, 1.82) is 0 Å². The zero-order valence-electron chi connectivity index (χ0n) is 15.7. The average Bonchev–Trinajstić information content (AvgIpc) is 3.36. The van der Waals surface area contributed by atoms with Gasteiger partial charge < -0.3 is 0 Å². The van der Waals surface area contributed by atoms with Crippen LogP contribution in [0.5, 0.6) is 0 Å². The molecule has 1 fully saturated rings. The maximum atomic E-state index is 4.78. The van der Waals surface area contributed by atoms with E-state index in [1.54, 1.807) is 0 Å². The van der Waals surface area contributed by atoms with Gasteiger partial charge in [0.2, 0.25) is 0 Å². The Morgan fingerprint density at radius 2 is 1.54 bits per heavy atom. The van der Waals surface area contributed by atoms with E-state index in [1.807, 2.05) is 40.4 Å². The highest BCUT2D eigenvalue weighted by Gasteiger charge is 2.19. The zero-order chi connectivity index (χ0) is 18.8. The molecule has 0 amide bonds. The molecule has 28 heavy (non-hydrogen) atoms. The van der Waals surface area contributed by atoms with Crippen LogP contribution in [0.1, 0.15) is 10.6 Å². The number of fused-ring (bicyclic) bond motifs is 1. The highest BCUT2D eigenvalue weighted by molar-refractivity contribution is 7.18. The third-order valence-electron chi connectivity index (χ3n) is 5.22. The van der Waals surface area contributed by atoms with Crippen LogP contribution in [0.2, 0.25) is 0 Å². The number of para-hydroxylation sites is 2. The lowest BCUT2D eigenvalue weighted by Gasteiger charge is -2.33. The van der Waals surface area contributed by atoms with E-state index in [0.717, 1.165) is 50.5 Å². The monoisotopic (exact) mass is 389 g/mol. The summed E-state index contributed by atoms with van der Waals surface area (Å²) in [5.74, 6) is 0. The molecule has 0 unspecified atom stereocenters. The first-order valence-corrected chi connectivity index (χ1v) is 10.5. The van der Waals surface area contributed by atoms with Gasteiger partial charge in [-0.3, -0.25) is 9.80 Å². The van der Waals surface area contributed by atoms with Crippen LogP contribution in [-0.2, 0) is 13.1 Å². The molecule has 2 aromatic carbocycles. The Bertz CT molecular complexity index is 1010. The van der Waals surface area contributed by atoms with Gasteiger partial charge in [0.25, 0.3) is 0 Å². The SMILES string of the molecule is c1ccc(-n2cc(CN3CCN(Cc4nc5ccccc5s4)CC3)cn2)cc1. The quantitative estimate of drug-likeness (QED) is 0.520. The highest BCUT2D eigenvalue weighted by atomic mass is 32.1. The van der Waals surface area contributed by atoms with E-state index in [4.69, 9.17) is 4.98 Å². The number of benzene rings is 2. The Kier molecular flexibility index (Phi) is 4.91. The van der Waals surface area contributed by atoms with E-state index in [9.17, 15) is 0 Å². The summed E-state index contributed by atoms with van der Waals surface area (Å²) >= 11 is 1.82. The summed E-state index contributed by atoms with van der Waals surface area (Å²) in [7, 11) is 0. The predicted octanol–water partition coefficient (Wildman–Crippen LogP) is 3.80. The Balaban J connectivity index is 1.16. The van der Waals surface area contributed by atoms with Crippen molar-refractivity contribution < 1.29 is 0 Å². The maximum absolute atomic E-state index is 4.78. The number of piperazine rings is 1. The largest absolute Gasteiger partial charge is 0.296 e. The second kappa shape index (κ2) is 7.83. The molecule has 5 nitrogen and oxygen atoms in total. The normalized spacial score (nSPS) is 16.0. The van der Waals surface area contributed by atoms with Crippen LogP contribution < -0.4 is 0 Å². The van der Waals surface area contributed by atoms with Crippen molar-refractivity contribution in [3.05, 3.63) is 77.6 Å². The van der Waals surface area contributed by atoms with Crippen molar-refractivity contribution in [1.82, 2.24) is 24.6 Å². The number of rotatable bonds is 5. The fourth-order valence-electron chi connectivity index (χ4n) is 3.71. The maximum Gasteiger partial charge on any atom is 0.108 e. The molecular formula is C22H23N5S. The Morgan fingerprint density at radius 3 is 2.32 bits per heavy atom. The van der Waals surface area contributed by atoms with Gasteiger partial charge in [-0.2, -0.15) is 5.10 Å². The molecule has 0 spiro atoms. The summed E-state index contributed by atoms with van der Waals surface area (Å²) in [6.45, 7) is 6.26. The van der Waals surface area contributed by atoms with Gasteiger partial charge in [-0.15, -0.1) is 11.3 Å². The predicted molar refractivity (Wildman–Crippen MR) is 114 cm³/mol. The van der Waals surface area contributed by atoms with Crippen molar-refractivity contribution >= 4 is 21.6 Å². The second-order valence-corrected chi connectivity index (χ2v) is 8.37. The van der Waals surface area contributed by atoms with E-state index in [2.05, 4.69) is 57.5 Å². The lowest BCUT2D eigenvalue weighted by atomic mass is 10.2. The highest BCUT2D eigenvalue weighted by Crippen LogP contribution is 2.23. The standard InChI is InChI=1S/C22H23N5S/c1-2-6-19(7-3-1)27-16-18(14-23-27)15-25-10-12-26(13-11-25)17-22-24-20-8-4-5-9-21(20)28-22/h1-9,14,16H,10-13,15,17H2. The van der Waals surface area contributed by atoms with Gasteiger partial charge in [-0.05, 0) is 24.3 Å². The summed E-state index contributed by atoms with van der Waals surface area (Å²) in [5.41, 5.74) is 3.49. The fraction of sp³-hybridized carbons (Fsp3) is 0.273. The topological polar surface area (TPSA) is 37.2 Å². The first-order chi connectivity index (χ1) is 13.8. The molecule has 0 aliphatic carbocycles. The van der Waals surface area contributed by atoms with Crippen molar-refractivity contribution in [3.8, 4) is 5.69 Å². The molecular weight excluding hydrogens is 366 g/mol. The van der Waals surface area contributed by atoms with E-state index >= 15 is 0 Å². The van der Waals surface area contributed by atoms with Gasteiger partial charge in [-0.25, -0.2) is 9.67 Å². The minimum atomic E-state index is 0.957. The summed E-state index contributed by atoms with van der Waals surface area (Å²) in [6.07, 6.45) is 4.13. The lowest BCUT2D eigenvalue weighted by Crippen LogP contribution is -2.45. The van der Waals surface area contributed by atoms with E-state index in [0.29, 0.717) is 0 Å². The minimum absolute atomic E-state index is 0.957. The molecule has 0 saturated carbocycles. The summed E-state index contributed by atoms with van der Waals surface area (Å²) in [6, 6.07) is 18.7. The third kappa shape index (κ3) is 3.85. The number of nitrogens with zero attached hydrogens (tertiary/aromatic N) is 5. The van der Waals surface area contributed by atoms with Crippen LogP contribution in [0.25, 0.3) is 15.9 Å². The lowest BCUT2D eigenvalue weighted by molar-refractivity contribution is 0.122. The molecule has 5 rings (SSSR count). The molecule has 0 radical (unpaired) electrons. The van der Waals surface area contributed by atoms with Gasteiger partial charge in [-0.1, -0.05) is 30.3 Å². The Labute approximate surface area is 168 Å². The Morgan fingerprint density at radius 1 is 0.821 bits per heavy atom. The van der Waals surface area contributed by atoms with Gasteiger partial charge in [0.15, 0.2) is 0 Å². The number of hydrogen-bond acceptors (Lipinski definition) is 5. The molecule has 1 aliphatic rings. The first kappa shape index (κ1) is 17.6. The van der Waals surface area contributed by atoms with Gasteiger partial charge in [0.05, 0.1) is 28.6 Å². The van der Waals surface area contributed by atoms with Crippen molar-refractivity contribution in [2.45, 2.75) is 13.1 Å². The van der Waals surface area contributed by atoms with E-state index < -0.39 is 0 Å². The van der Waals surface area contributed by atoms with Crippen molar-refractivity contribution in [2.75, 3.05) is 26.2 Å². The molecule has 3 heterocycles. The van der Waals surface area contributed by atoms with Crippen LogP contribution in [0, 0.1) is 0 Å². The molecule has 0 atom stereocenters. The van der Waals surface area contributed by atoms with Gasteiger partial charge in [0, 0.05) is 44.5 Å². The van der Waals surface area contributed by atoms with E-state index in [1.165, 1.54) is 15.3 Å². The summed E-state index contributed by atoms with van der Waals surface area (Å²) in [5, 5.41) is 5.74. The summed E-state index contributed by atoms with van der Waals surface area (Å²) < 4.78 is 3.24. The fourth-order valence-corrected chi connectivity index (χ4v) is 4.72. The minimum Gasteiger partial charge on any atom is -0.296 e. The molecule has 2 aromatic heterocycles. The molecule has 1 saturated heterocycles. The molecule has 1 aliphatic heterocycles. The van der Waals surface area contributed by atoms with Crippen LogP contribution in [-0.4, -0.2) is 50.7 Å². The number of thiazole rings is 1. The van der Waals surface area contributed by atoms with Crippen LogP contribution in [0.3, 0.4) is 0 Å². The molecule has 0 N–H and O–H groups in total. The summed E-state index contributed by atoms with van der Waals surface area (Å²) in [4.78, 5) is 9.81. The van der Waals surface area contributed by atoms with Crippen molar-refractivity contribution in [2.24, 2.45) is 0 Å². The van der Waals surface area contributed by atoms with Crippen LogP contribution >= 0.6 is 11.3 Å². The van der Waals surface area contributed by atoms with Crippen LogP contribution in [0.15, 0.2) is 67.0 Å². The number of aromatic nitrogens is 3. The van der Waals surface area contributed by atoms with Crippen LogP contribution in [0.4, 0.5) is 0 Å². The first-order valence-electron chi connectivity index (χ1n) is 9.72. The average molecular weight is 390 g/mol. The second-order valence-electron chi connectivity index (χ2n) is 7.26. The number of hydrogen-bond donors (Lipinski definition) is 0. The molecule has 6 heteroatoms. The van der Waals surface area contributed by atoms with Crippen molar-refractivity contribution in [3.63, 3.8) is 0 Å². The zero-order valence-corrected chi connectivity index (χ0v) is 16.6.